The van der Waals surface area contributed by atoms with Crippen molar-refractivity contribution in [1.82, 2.24) is 9.80 Å². The summed E-state index contributed by atoms with van der Waals surface area (Å²) in [5, 5.41) is 0. The Morgan fingerprint density at radius 2 is 1.83 bits per heavy atom. The Balaban J connectivity index is 2.16. The molecular weight excluding hydrogens is 222 g/mol. The summed E-state index contributed by atoms with van der Waals surface area (Å²) >= 11 is 0. The van der Waals surface area contributed by atoms with Crippen LogP contribution in [0.5, 0.6) is 0 Å². The van der Waals surface area contributed by atoms with Gasteiger partial charge in [-0.3, -0.25) is 0 Å². The number of rotatable bonds is 6. The Bertz CT molecular complexity index is 214. The second-order valence-corrected chi connectivity index (χ2v) is 7.15. The standard InChI is InChI=1S/C15H33N3/c1-15(2,3)7-11-17(4)13-14-5-9-18(10-6-14)12-8-16/h14H,5-13,16H2,1-4H3. The lowest BCUT2D eigenvalue weighted by Crippen LogP contribution is -2.40. The van der Waals surface area contributed by atoms with Crippen molar-refractivity contribution < 1.29 is 0 Å². The topological polar surface area (TPSA) is 32.5 Å². The van der Waals surface area contributed by atoms with Gasteiger partial charge in [0.2, 0.25) is 0 Å². The van der Waals surface area contributed by atoms with Crippen LogP contribution in [0.15, 0.2) is 0 Å². The van der Waals surface area contributed by atoms with Crippen molar-refractivity contribution in [1.29, 1.82) is 0 Å². The van der Waals surface area contributed by atoms with Gasteiger partial charge >= 0.3 is 0 Å². The number of likely N-dealkylation sites (tertiary alicyclic amines) is 1. The number of nitrogens with zero attached hydrogens (tertiary/aromatic N) is 2. The van der Waals surface area contributed by atoms with Gasteiger partial charge in [0.25, 0.3) is 0 Å². The van der Waals surface area contributed by atoms with Crippen molar-refractivity contribution >= 4 is 0 Å². The van der Waals surface area contributed by atoms with E-state index >= 15 is 0 Å². The summed E-state index contributed by atoms with van der Waals surface area (Å²) < 4.78 is 0. The fourth-order valence-electron chi connectivity index (χ4n) is 2.63. The monoisotopic (exact) mass is 255 g/mol. The molecule has 0 spiro atoms. The van der Waals surface area contributed by atoms with E-state index in [4.69, 9.17) is 5.73 Å². The van der Waals surface area contributed by atoms with Gasteiger partial charge in [0.15, 0.2) is 0 Å². The Kier molecular flexibility index (Phi) is 6.61. The number of piperidine rings is 1. The molecule has 1 saturated heterocycles. The van der Waals surface area contributed by atoms with E-state index in [-0.39, 0.29) is 0 Å². The van der Waals surface area contributed by atoms with Gasteiger partial charge in [-0.15, -0.1) is 0 Å². The van der Waals surface area contributed by atoms with Crippen molar-refractivity contribution in [2.45, 2.75) is 40.0 Å². The second-order valence-electron chi connectivity index (χ2n) is 7.15. The molecule has 1 heterocycles. The first kappa shape index (κ1) is 15.9. The SMILES string of the molecule is CN(CCC(C)(C)C)CC1CCN(CCN)CC1. The van der Waals surface area contributed by atoms with Gasteiger partial charge in [-0.25, -0.2) is 0 Å². The van der Waals surface area contributed by atoms with E-state index in [1.54, 1.807) is 0 Å². The minimum atomic E-state index is 0.457. The Hall–Kier alpha value is -0.120. The maximum atomic E-state index is 5.61. The summed E-state index contributed by atoms with van der Waals surface area (Å²) in [4.78, 5) is 5.03. The predicted molar refractivity (Wildman–Crippen MR) is 79.8 cm³/mol. The maximum absolute atomic E-state index is 5.61. The highest BCUT2D eigenvalue weighted by Gasteiger charge is 2.20. The zero-order valence-electron chi connectivity index (χ0n) is 12.9. The molecule has 18 heavy (non-hydrogen) atoms. The van der Waals surface area contributed by atoms with Gasteiger partial charge in [-0.05, 0) is 57.3 Å². The third-order valence-corrected chi connectivity index (χ3v) is 3.97. The van der Waals surface area contributed by atoms with Crippen LogP contribution < -0.4 is 5.73 Å². The quantitative estimate of drug-likeness (QED) is 0.788. The zero-order chi connectivity index (χ0) is 13.6. The second kappa shape index (κ2) is 7.46. The third kappa shape index (κ3) is 6.72. The van der Waals surface area contributed by atoms with Crippen LogP contribution in [0, 0.1) is 11.3 Å². The molecule has 1 fully saturated rings. The molecule has 0 aromatic rings. The average Bonchev–Trinajstić information content (AvgIpc) is 2.29. The lowest BCUT2D eigenvalue weighted by Gasteiger charge is -2.34. The number of hydrogen-bond acceptors (Lipinski definition) is 3. The van der Waals surface area contributed by atoms with Crippen LogP contribution in [0.1, 0.15) is 40.0 Å². The summed E-state index contributed by atoms with van der Waals surface area (Å²) in [5.74, 6) is 0.893. The molecule has 1 aliphatic heterocycles. The van der Waals surface area contributed by atoms with Crippen LogP contribution in [0.3, 0.4) is 0 Å². The summed E-state index contributed by atoms with van der Waals surface area (Å²) in [6, 6.07) is 0. The average molecular weight is 255 g/mol. The smallest absolute Gasteiger partial charge is 0.0105 e. The highest BCUT2D eigenvalue weighted by Crippen LogP contribution is 2.21. The summed E-state index contributed by atoms with van der Waals surface area (Å²) in [6.07, 6.45) is 3.98. The molecule has 0 bridgehead atoms. The van der Waals surface area contributed by atoms with E-state index in [0.717, 1.165) is 19.0 Å². The van der Waals surface area contributed by atoms with Gasteiger partial charge in [0.05, 0.1) is 0 Å². The summed E-state index contributed by atoms with van der Waals surface area (Å²) in [5.41, 5.74) is 6.06. The molecule has 0 radical (unpaired) electrons. The minimum absolute atomic E-state index is 0.457. The number of hydrogen-bond donors (Lipinski definition) is 1. The van der Waals surface area contributed by atoms with Crippen LogP contribution >= 0.6 is 0 Å². The maximum Gasteiger partial charge on any atom is 0.0105 e. The molecule has 1 aliphatic rings. The van der Waals surface area contributed by atoms with E-state index in [1.165, 1.54) is 45.4 Å². The van der Waals surface area contributed by atoms with E-state index in [1.807, 2.05) is 0 Å². The molecule has 3 nitrogen and oxygen atoms in total. The summed E-state index contributed by atoms with van der Waals surface area (Å²) in [7, 11) is 2.28. The van der Waals surface area contributed by atoms with Crippen LogP contribution in [0.4, 0.5) is 0 Å². The predicted octanol–water partition coefficient (Wildman–Crippen LogP) is 2.03. The molecule has 2 N–H and O–H groups in total. The first-order chi connectivity index (χ1) is 8.40. The van der Waals surface area contributed by atoms with E-state index < -0.39 is 0 Å². The molecule has 0 aromatic heterocycles. The van der Waals surface area contributed by atoms with Gasteiger partial charge in [-0.1, -0.05) is 20.8 Å². The Morgan fingerprint density at radius 3 is 2.33 bits per heavy atom. The molecule has 1 rings (SSSR count). The third-order valence-electron chi connectivity index (χ3n) is 3.97. The van der Waals surface area contributed by atoms with Gasteiger partial charge in [0.1, 0.15) is 0 Å². The van der Waals surface area contributed by atoms with E-state index in [2.05, 4.69) is 37.6 Å². The molecule has 0 saturated carbocycles. The molecule has 0 unspecified atom stereocenters. The van der Waals surface area contributed by atoms with Crippen LogP contribution in [0.25, 0.3) is 0 Å². The van der Waals surface area contributed by atoms with Crippen LogP contribution in [-0.4, -0.2) is 56.1 Å². The molecule has 0 amide bonds. The highest BCUT2D eigenvalue weighted by atomic mass is 15.1. The van der Waals surface area contributed by atoms with Crippen molar-refractivity contribution in [2.24, 2.45) is 17.1 Å². The van der Waals surface area contributed by atoms with Gasteiger partial charge in [-0.2, -0.15) is 0 Å². The van der Waals surface area contributed by atoms with Gasteiger partial charge in [0, 0.05) is 19.6 Å². The molecule has 3 heteroatoms. The minimum Gasteiger partial charge on any atom is -0.329 e. The van der Waals surface area contributed by atoms with Gasteiger partial charge < -0.3 is 15.5 Å². The molecular formula is C15H33N3. The van der Waals surface area contributed by atoms with Crippen molar-refractivity contribution in [3.05, 3.63) is 0 Å². The first-order valence-corrected chi connectivity index (χ1v) is 7.51. The zero-order valence-corrected chi connectivity index (χ0v) is 12.9. The van der Waals surface area contributed by atoms with Crippen molar-refractivity contribution in [3.63, 3.8) is 0 Å². The fourth-order valence-corrected chi connectivity index (χ4v) is 2.63. The Labute approximate surface area is 114 Å². The lowest BCUT2D eigenvalue weighted by atomic mass is 9.91. The molecule has 0 aromatic carbocycles. The number of nitrogens with two attached hydrogens (primary N) is 1. The van der Waals surface area contributed by atoms with E-state index in [0.29, 0.717) is 5.41 Å². The molecule has 0 aliphatic carbocycles. The van der Waals surface area contributed by atoms with Crippen LogP contribution in [-0.2, 0) is 0 Å². The lowest BCUT2D eigenvalue weighted by molar-refractivity contribution is 0.151. The van der Waals surface area contributed by atoms with Crippen molar-refractivity contribution in [3.8, 4) is 0 Å². The van der Waals surface area contributed by atoms with E-state index in [9.17, 15) is 0 Å². The van der Waals surface area contributed by atoms with Crippen LogP contribution in [0.2, 0.25) is 0 Å². The van der Waals surface area contributed by atoms with Crippen molar-refractivity contribution in [2.75, 3.05) is 46.3 Å². The fraction of sp³-hybridized carbons (Fsp3) is 1.00. The normalized spacial score (nSPS) is 19.7. The largest absolute Gasteiger partial charge is 0.329 e. The molecule has 108 valence electrons. The summed E-state index contributed by atoms with van der Waals surface area (Å²) in [6.45, 7) is 13.8. The highest BCUT2D eigenvalue weighted by molar-refractivity contribution is 4.75. The first-order valence-electron chi connectivity index (χ1n) is 7.51. The molecule has 0 atom stereocenters. The Morgan fingerprint density at radius 1 is 1.22 bits per heavy atom.